The zero-order valence-corrected chi connectivity index (χ0v) is 10.6. The maximum absolute atomic E-state index is 11.2. The van der Waals surface area contributed by atoms with Crippen molar-refractivity contribution < 1.29 is 9.90 Å². The highest BCUT2D eigenvalue weighted by atomic mass is 16.4. The van der Waals surface area contributed by atoms with Gasteiger partial charge in [-0.3, -0.25) is 9.69 Å². The Morgan fingerprint density at radius 1 is 1.38 bits per heavy atom. The van der Waals surface area contributed by atoms with Crippen LogP contribution in [-0.4, -0.2) is 35.1 Å². The van der Waals surface area contributed by atoms with E-state index in [1.54, 1.807) is 0 Å². The molecule has 0 bridgehead atoms. The average Bonchev–Trinajstić information content (AvgIpc) is 2.42. The molecule has 0 aromatic heterocycles. The highest BCUT2D eigenvalue weighted by Gasteiger charge is 2.26. The van der Waals surface area contributed by atoms with E-state index in [-0.39, 0.29) is 6.04 Å². The molecule has 1 fully saturated rings. The predicted octanol–water partition coefficient (Wildman–Crippen LogP) is 2.75. The molecule has 1 unspecified atom stereocenters. The fraction of sp³-hybridized carbons (Fsp3) is 0.923. The van der Waals surface area contributed by atoms with E-state index >= 15 is 0 Å². The van der Waals surface area contributed by atoms with Crippen LogP contribution in [0.3, 0.4) is 0 Å². The van der Waals surface area contributed by atoms with Crippen molar-refractivity contribution in [2.75, 3.05) is 13.1 Å². The van der Waals surface area contributed by atoms with Gasteiger partial charge in [0, 0.05) is 0 Å². The third-order valence-electron chi connectivity index (χ3n) is 3.38. The first-order valence-corrected chi connectivity index (χ1v) is 6.58. The van der Waals surface area contributed by atoms with E-state index in [9.17, 15) is 9.90 Å². The maximum atomic E-state index is 11.2. The van der Waals surface area contributed by atoms with E-state index in [0.717, 1.165) is 44.7 Å². The van der Waals surface area contributed by atoms with E-state index in [4.69, 9.17) is 0 Å². The molecule has 1 aliphatic heterocycles. The summed E-state index contributed by atoms with van der Waals surface area (Å²) >= 11 is 0. The molecule has 1 N–H and O–H groups in total. The molecule has 16 heavy (non-hydrogen) atoms. The van der Waals surface area contributed by atoms with Crippen LogP contribution >= 0.6 is 0 Å². The monoisotopic (exact) mass is 227 g/mol. The van der Waals surface area contributed by atoms with E-state index in [1.807, 2.05) is 0 Å². The first-order chi connectivity index (χ1) is 7.61. The topological polar surface area (TPSA) is 40.5 Å². The van der Waals surface area contributed by atoms with Crippen LogP contribution < -0.4 is 0 Å². The van der Waals surface area contributed by atoms with Crippen molar-refractivity contribution in [3.8, 4) is 0 Å². The summed E-state index contributed by atoms with van der Waals surface area (Å²) < 4.78 is 0. The average molecular weight is 227 g/mol. The highest BCUT2D eigenvalue weighted by Crippen LogP contribution is 2.18. The molecule has 0 radical (unpaired) electrons. The first-order valence-electron chi connectivity index (χ1n) is 6.58. The molecule has 3 nitrogen and oxygen atoms in total. The molecule has 1 aliphatic rings. The summed E-state index contributed by atoms with van der Waals surface area (Å²) in [5, 5.41) is 9.20. The second-order valence-corrected chi connectivity index (χ2v) is 5.28. The Morgan fingerprint density at radius 3 is 2.75 bits per heavy atom. The second kappa shape index (κ2) is 6.89. The van der Waals surface area contributed by atoms with Crippen LogP contribution in [0.25, 0.3) is 0 Å². The Labute approximate surface area is 98.8 Å². The van der Waals surface area contributed by atoms with E-state index in [0.29, 0.717) is 0 Å². The molecular weight excluding hydrogens is 202 g/mol. The lowest BCUT2D eigenvalue weighted by atomic mass is 10.1. The summed E-state index contributed by atoms with van der Waals surface area (Å²) in [6, 6.07) is -0.227. The molecular formula is C13H25NO2. The second-order valence-electron chi connectivity index (χ2n) is 5.28. The molecule has 0 aliphatic carbocycles. The summed E-state index contributed by atoms with van der Waals surface area (Å²) in [5.74, 6) is 0.0849. The predicted molar refractivity (Wildman–Crippen MR) is 65.5 cm³/mol. The first kappa shape index (κ1) is 13.5. The Bertz CT molecular complexity index is 216. The van der Waals surface area contributed by atoms with Gasteiger partial charge in [-0.25, -0.2) is 0 Å². The lowest BCUT2D eigenvalue weighted by Gasteiger charge is -2.26. The molecule has 0 aromatic carbocycles. The quantitative estimate of drug-likeness (QED) is 0.785. The van der Waals surface area contributed by atoms with Gasteiger partial charge in [0.1, 0.15) is 6.04 Å². The normalized spacial score (nSPS) is 23.3. The van der Waals surface area contributed by atoms with Crippen LogP contribution in [0.1, 0.15) is 52.4 Å². The van der Waals surface area contributed by atoms with Gasteiger partial charge in [0.2, 0.25) is 0 Å². The Balaban J connectivity index is 2.41. The molecule has 1 rings (SSSR count). The summed E-state index contributed by atoms with van der Waals surface area (Å²) in [7, 11) is 0. The molecule has 1 atom stereocenters. The van der Waals surface area contributed by atoms with E-state index < -0.39 is 5.97 Å². The zero-order chi connectivity index (χ0) is 12.0. The number of hydrogen-bond donors (Lipinski definition) is 1. The number of aliphatic carboxylic acids is 1. The minimum Gasteiger partial charge on any atom is -0.480 e. The highest BCUT2D eigenvalue weighted by molar-refractivity contribution is 5.73. The third kappa shape index (κ3) is 4.52. The fourth-order valence-electron chi connectivity index (χ4n) is 2.42. The van der Waals surface area contributed by atoms with Crippen molar-refractivity contribution in [1.82, 2.24) is 4.90 Å². The summed E-state index contributed by atoms with van der Waals surface area (Å²) in [6.07, 6.45) is 6.56. The van der Waals surface area contributed by atoms with Gasteiger partial charge in [-0.15, -0.1) is 0 Å². The van der Waals surface area contributed by atoms with Gasteiger partial charge in [-0.2, -0.15) is 0 Å². The minimum atomic E-state index is -0.633. The van der Waals surface area contributed by atoms with E-state index in [2.05, 4.69) is 18.7 Å². The van der Waals surface area contributed by atoms with Crippen molar-refractivity contribution in [3.05, 3.63) is 0 Å². The number of hydrogen-bond acceptors (Lipinski definition) is 2. The molecule has 0 amide bonds. The Kier molecular flexibility index (Phi) is 5.81. The van der Waals surface area contributed by atoms with Crippen molar-refractivity contribution >= 4 is 5.97 Å². The Morgan fingerprint density at radius 2 is 2.12 bits per heavy atom. The van der Waals surface area contributed by atoms with Crippen molar-refractivity contribution in [1.29, 1.82) is 0 Å². The number of carboxylic acids is 1. The molecule has 1 heterocycles. The van der Waals surface area contributed by atoms with Gasteiger partial charge in [0.15, 0.2) is 0 Å². The SMILES string of the molecule is CC(C)CCCN1CCCCCC1C(=O)O. The smallest absolute Gasteiger partial charge is 0.320 e. The molecule has 3 heteroatoms. The largest absolute Gasteiger partial charge is 0.480 e. The van der Waals surface area contributed by atoms with Crippen LogP contribution in [0.15, 0.2) is 0 Å². The van der Waals surface area contributed by atoms with Crippen molar-refractivity contribution in [3.63, 3.8) is 0 Å². The van der Waals surface area contributed by atoms with E-state index in [1.165, 1.54) is 12.8 Å². The Hall–Kier alpha value is -0.570. The number of carbonyl (C=O) groups is 1. The van der Waals surface area contributed by atoms with Crippen LogP contribution in [0, 0.1) is 5.92 Å². The van der Waals surface area contributed by atoms with Crippen molar-refractivity contribution in [2.24, 2.45) is 5.92 Å². The minimum absolute atomic E-state index is 0.227. The molecule has 94 valence electrons. The van der Waals surface area contributed by atoms with Gasteiger partial charge < -0.3 is 5.11 Å². The van der Waals surface area contributed by atoms with Crippen LogP contribution in [0.4, 0.5) is 0 Å². The summed E-state index contributed by atoms with van der Waals surface area (Å²) in [4.78, 5) is 13.4. The molecule has 0 saturated carbocycles. The number of nitrogens with zero attached hydrogens (tertiary/aromatic N) is 1. The number of carboxylic acid groups (broad SMARTS) is 1. The third-order valence-corrected chi connectivity index (χ3v) is 3.38. The maximum Gasteiger partial charge on any atom is 0.320 e. The lowest BCUT2D eigenvalue weighted by Crippen LogP contribution is -2.41. The number of likely N-dealkylation sites (tertiary alicyclic amines) is 1. The number of rotatable bonds is 5. The van der Waals surface area contributed by atoms with Gasteiger partial charge in [-0.05, 0) is 44.7 Å². The fourth-order valence-corrected chi connectivity index (χ4v) is 2.42. The zero-order valence-electron chi connectivity index (χ0n) is 10.6. The van der Waals surface area contributed by atoms with Gasteiger partial charge >= 0.3 is 5.97 Å². The van der Waals surface area contributed by atoms with Crippen LogP contribution in [0.2, 0.25) is 0 Å². The van der Waals surface area contributed by atoms with Crippen LogP contribution in [-0.2, 0) is 4.79 Å². The van der Waals surface area contributed by atoms with Gasteiger partial charge in [-0.1, -0.05) is 26.7 Å². The van der Waals surface area contributed by atoms with Crippen molar-refractivity contribution in [2.45, 2.75) is 58.4 Å². The standard InChI is InChI=1S/C13H25NO2/c1-11(2)7-6-10-14-9-5-3-4-8-12(14)13(15)16/h11-12H,3-10H2,1-2H3,(H,15,16). The molecule has 0 spiro atoms. The summed E-state index contributed by atoms with van der Waals surface area (Å²) in [6.45, 7) is 6.36. The molecule has 1 saturated heterocycles. The van der Waals surface area contributed by atoms with Crippen LogP contribution in [0.5, 0.6) is 0 Å². The summed E-state index contributed by atoms with van der Waals surface area (Å²) in [5.41, 5.74) is 0. The van der Waals surface area contributed by atoms with Gasteiger partial charge in [0.05, 0.1) is 0 Å². The van der Waals surface area contributed by atoms with Gasteiger partial charge in [0.25, 0.3) is 0 Å². The lowest BCUT2D eigenvalue weighted by molar-refractivity contribution is -0.143. The molecule has 0 aromatic rings.